The van der Waals surface area contributed by atoms with E-state index in [-0.39, 0.29) is 29.4 Å². The van der Waals surface area contributed by atoms with Crippen molar-refractivity contribution < 1.29 is 9.47 Å². The van der Waals surface area contributed by atoms with E-state index in [1.807, 2.05) is 6.92 Å². The number of guanidine groups is 1. The monoisotopic (exact) mass is 371 g/mol. The number of rotatable bonds is 7. The average Bonchev–Trinajstić information content (AvgIpc) is 2.29. The second-order valence-electron chi connectivity index (χ2n) is 4.62. The van der Waals surface area contributed by atoms with Gasteiger partial charge < -0.3 is 20.1 Å². The number of hydrogen-bond acceptors (Lipinski definition) is 3. The maximum atomic E-state index is 5.27. The number of ether oxygens (including phenoxy) is 2. The van der Waals surface area contributed by atoms with Gasteiger partial charge >= 0.3 is 0 Å². The molecule has 0 bridgehead atoms. The standard InChI is InChI=1S/C12H25N3O2.HI/c1-4-13-11(14-6-7-16-5-2)15-8-12(3)9-17-10-12;/h4-10H2,1-3H3,(H2,13,14,15);1H. The van der Waals surface area contributed by atoms with Crippen LogP contribution in [0.3, 0.4) is 0 Å². The van der Waals surface area contributed by atoms with E-state index in [0.29, 0.717) is 6.61 Å². The van der Waals surface area contributed by atoms with Crippen LogP contribution in [-0.2, 0) is 9.47 Å². The summed E-state index contributed by atoms with van der Waals surface area (Å²) in [5.41, 5.74) is 0.224. The summed E-state index contributed by atoms with van der Waals surface area (Å²) in [6, 6.07) is 0. The maximum Gasteiger partial charge on any atom is 0.191 e. The van der Waals surface area contributed by atoms with Gasteiger partial charge in [0, 0.05) is 25.1 Å². The molecule has 18 heavy (non-hydrogen) atoms. The largest absolute Gasteiger partial charge is 0.380 e. The normalized spacial score (nSPS) is 17.6. The summed E-state index contributed by atoms with van der Waals surface area (Å²) < 4.78 is 10.5. The van der Waals surface area contributed by atoms with Gasteiger partial charge in [0.15, 0.2) is 5.96 Å². The topological polar surface area (TPSA) is 54.9 Å². The first kappa shape index (κ1) is 17.9. The molecule has 108 valence electrons. The quantitative estimate of drug-likeness (QED) is 0.306. The van der Waals surface area contributed by atoms with Crippen LogP contribution in [0.4, 0.5) is 0 Å². The molecular weight excluding hydrogens is 345 g/mol. The zero-order valence-corrected chi connectivity index (χ0v) is 14.0. The minimum Gasteiger partial charge on any atom is -0.380 e. The summed E-state index contributed by atoms with van der Waals surface area (Å²) in [6.45, 7) is 11.8. The van der Waals surface area contributed by atoms with Gasteiger partial charge in [0.2, 0.25) is 0 Å². The molecule has 1 fully saturated rings. The van der Waals surface area contributed by atoms with Gasteiger partial charge in [-0.2, -0.15) is 0 Å². The summed E-state index contributed by atoms with van der Waals surface area (Å²) in [4.78, 5) is 4.56. The fourth-order valence-electron chi connectivity index (χ4n) is 1.54. The number of nitrogens with one attached hydrogen (secondary N) is 2. The van der Waals surface area contributed by atoms with Gasteiger partial charge in [0.1, 0.15) is 0 Å². The number of nitrogens with zero attached hydrogens (tertiary/aromatic N) is 1. The molecular formula is C12H26IN3O2. The molecule has 0 saturated carbocycles. The van der Waals surface area contributed by atoms with E-state index < -0.39 is 0 Å². The molecule has 0 spiro atoms. The van der Waals surface area contributed by atoms with Crippen molar-refractivity contribution in [2.45, 2.75) is 20.8 Å². The Hall–Kier alpha value is -0.0800. The highest BCUT2D eigenvalue weighted by Crippen LogP contribution is 2.26. The van der Waals surface area contributed by atoms with Crippen molar-refractivity contribution in [3.05, 3.63) is 0 Å². The highest BCUT2D eigenvalue weighted by molar-refractivity contribution is 14.0. The van der Waals surface area contributed by atoms with Crippen molar-refractivity contribution in [1.29, 1.82) is 0 Å². The minimum absolute atomic E-state index is 0. The Morgan fingerprint density at radius 3 is 2.56 bits per heavy atom. The average molecular weight is 371 g/mol. The van der Waals surface area contributed by atoms with Crippen LogP contribution < -0.4 is 10.6 Å². The fourth-order valence-corrected chi connectivity index (χ4v) is 1.54. The maximum absolute atomic E-state index is 5.27. The van der Waals surface area contributed by atoms with Crippen LogP contribution in [-0.4, -0.2) is 52.0 Å². The number of hydrogen-bond donors (Lipinski definition) is 2. The first-order valence-electron chi connectivity index (χ1n) is 6.38. The lowest BCUT2D eigenvalue weighted by molar-refractivity contribution is -0.0945. The lowest BCUT2D eigenvalue weighted by Gasteiger charge is -2.36. The van der Waals surface area contributed by atoms with Gasteiger partial charge in [0.05, 0.1) is 26.4 Å². The molecule has 1 saturated heterocycles. The molecule has 1 heterocycles. The van der Waals surface area contributed by atoms with Crippen LogP contribution in [0.5, 0.6) is 0 Å². The van der Waals surface area contributed by atoms with E-state index in [1.165, 1.54) is 0 Å². The van der Waals surface area contributed by atoms with Crippen LogP contribution in [0.2, 0.25) is 0 Å². The molecule has 0 radical (unpaired) electrons. The third-order valence-corrected chi connectivity index (χ3v) is 2.61. The van der Waals surface area contributed by atoms with Gasteiger partial charge in [-0.1, -0.05) is 6.92 Å². The van der Waals surface area contributed by atoms with Crippen LogP contribution in [0.15, 0.2) is 4.99 Å². The van der Waals surface area contributed by atoms with E-state index in [2.05, 4.69) is 29.5 Å². The van der Waals surface area contributed by atoms with E-state index in [0.717, 1.165) is 45.4 Å². The summed E-state index contributed by atoms with van der Waals surface area (Å²) in [5.74, 6) is 0.861. The van der Waals surface area contributed by atoms with Gasteiger partial charge in [-0.3, -0.25) is 4.99 Å². The molecule has 5 nitrogen and oxygen atoms in total. The van der Waals surface area contributed by atoms with Crippen LogP contribution in [0.25, 0.3) is 0 Å². The summed E-state index contributed by atoms with van der Waals surface area (Å²) >= 11 is 0. The fraction of sp³-hybridized carbons (Fsp3) is 0.917. The molecule has 0 aromatic carbocycles. The van der Waals surface area contributed by atoms with E-state index in [1.54, 1.807) is 0 Å². The van der Waals surface area contributed by atoms with Gasteiger partial charge in [-0.05, 0) is 13.8 Å². The van der Waals surface area contributed by atoms with Gasteiger partial charge in [-0.25, -0.2) is 0 Å². The second kappa shape index (κ2) is 9.80. The third-order valence-electron chi connectivity index (χ3n) is 2.61. The Bertz CT molecular complexity index is 245. The van der Waals surface area contributed by atoms with E-state index in [9.17, 15) is 0 Å². The highest BCUT2D eigenvalue weighted by Gasteiger charge is 2.33. The summed E-state index contributed by atoms with van der Waals surface area (Å²) in [6.07, 6.45) is 0. The zero-order valence-electron chi connectivity index (χ0n) is 11.6. The van der Waals surface area contributed by atoms with Crippen molar-refractivity contribution in [2.75, 3.05) is 46.1 Å². The van der Waals surface area contributed by atoms with Crippen LogP contribution >= 0.6 is 24.0 Å². The van der Waals surface area contributed by atoms with Gasteiger partial charge in [0.25, 0.3) is 0 Å². The first-order valence-corrected chi connectivity index (χ1v) is 6.38. The Morgan fingerprint density at radius 1 is 1.33 bits per heavy atom. The molecule has 0 amide bonds. The third kappa shape index (κ3) is 6.75. The molecule has 0 atom stereocenters. The molecule has 1 aliphatic heterocycles. The predicted octanol–water partition coefficient (Wildman–Crippen LogP) is 1.23. The Kier molecular flexibility index (Phi) is 9.76. The molecule has 0 aromatic rings. The number of halogens is 1. The van der Waals surface area contributed by atoms with E-state index >= 15 is 0 Å². The molecule has 1 rings (SSSR count). The molecule has 0 unspecified atom stereocenters. The van der Waals surface area contributed by atoms with Crippen molar-refractivity contribution in [2.24, 2.45) is 10.4 Å². The van der Waals surface area contributed by atoms with Crippen molar-refractivity contribution in [3.63, 3.8) is 0 Å². The van der Waals surface area contributed by atoms with Crippen molar-refractivity contribution in [1.82, 2.24) is 10.6 Å². The van der Waals surface area contributed by atoms with E-state index in [4.69, 9.17) is 9.47 Å². The summed E-state index contributed by atoms with van der Waals surface area (Å²) in [5, 5.41) is 6.47. The van der Waals surface area contributed by atoms with Crippen molar-refractivity contribution in [3.8, 4) is 0 Å². The highest BCUT2D eigenvalue weighted by atomic mass is 127. The lowest BCUT2D eigenvalue weighted by atomic mass is 9.89. The van der Waals surface area contributed by atoms with Crippen molar-refractivity contribution >= 4 is 29.9 Å². The Morgan fingerprint density at radius 2 is 2.06 bits per heavy atom. The molecule has 2 N–H and O–H groups in total. The van der Waals surface area contributed by atoms with Gasteiger partial charge in [-0.15, -0.1) is 24.0 Å². The Balaban J connectivity index is 0.00000289. The summed E-state index contributed by atoms with van der Waals surface area (Å²) in [7, 11) is 0. The smallest absolute Gasteiger partial charge is 0.191 e. The minimum atomic E-state index is 0. The first-order chi connectivity index (χ1) is 8.20. The SMILES string of the molecule is CCNC(=NCC1(C)COC1)NCCOCC.I. The molecule has 0 aliphatic carbocycles. The predicted molar refractivity (Wildman–Crippen MR) is 84.8 cm³/mol. The van der Waals surface area contributed by atoms with Crippen LogP contribution in [0.1, 0.15) is 20.8 Å². The zero-order chi connectivity index (χ0) is 12.6. The second-order valence-corrected chi connectivity index (χ2v) is 4.62. The number of aliphatic imine (C=N–C) groups is 1. The van der Waals surface area contributed by atoms with Crippen LogP contribution in [0, 0.1) is 5.41 Å². The molecule has 6 heteroatoms. The lowest BCUT2D eigenvalue weighted by Crippen LogP contribution is -2.44. The Labute approximate surface area is 127 Å². The molecule has 0 aromatic heterocycles. The molecule has 1 aliphatic rings.